The molecule has 1 aliphatic carbocycles. The van der Waals surface area contributed by atoms with Crippen LogP contribution in [0.1, 0.15) is 18.7 Å². The summed E-state index contributed by atoms with van der Waals surface area (Å²) in [6.07, 6.45) is 3.23. The van der Waals surface area contributed by atoms with E-state index >= 15 is 0 Å². The highest BCUT2D eigenvalue weighted by atomic mass is 19.3. The fourth-order valence-corrected chi connectivity index (χ4v) is 3.96. The molecule has 1 fully saturated rings. The molecule has 30 heavy (non-hydrogen) atoms. The quantitative estimate of drug-likeness (QED) is 0.507. The van der Waals surface area contributed by atoms with Crippen LogP contribution in [0.2, 0.25) is 0 Å². The van der Waals surface area contributed by atoms with E-state index in [1.807, 2.05) is 31.4 Å². The van der Waals surface area contributed by atoms with Crippen LogP contribution in [0.15, 0.2) is 30.6 Å². The Kier molecular flexibility index (Phi) is 4.58. The third-order valence-corrected chi connectivity index (χ3v) is 5.68. The van der Waals surface area contributed by atoms with Gasteiger partial charge >= 0.3 is 0 Å². The van der Waals surface area contributed by atoms with Crippen LogP contribution in [-0.2, 0) is 6.54 Å². The van der Waals surface area contributed by atoms with Gasteiger partial charge in [-0.1, -0.05) is 0 Å². The minimum absolute atomic E-state index is 0.373. The van der Waals surface area contributed by atoms with E-state index in [0.29, 0.717) is 40.7 Å². The van der Waals surface area contributed by atoms with Gasteiger partial charge in [-0.3, -0.25) is 0 Å². The van der Waals surface area contributed by atoms with Gasteiger partial charge in [-0.2, -0.15) is 0 Å². The first kappa shape index (κ1) is 18.9. The standard InChI is InChI=1S/C20H22F2N8/c1-11-25-16-4-3-15(27-19(16)29(11)10-18(21)22)14-5-6-30-17(14)9-24-20(28-30)26-13-7-12(8-13)23-2/h3-6,9,12-13,18,23H,7-8,10H2,1-2H3,(H,26,28)/t12-,13+. The number of aromatic nitrogens is 6. The number of nitrogens with one attached hydrogen (secondary N) is 2. The summed E-state index contributed by atoms with van der Waals surface area (Å²) in [5.41, 5.74) is 3.35. The Balaban J connectivity index is 1.46. The highest BCUT2D eigenvalue weighted by Gasteiger charge is 2.28. The third-order valence-electron chi connectivity index (χ3n) is 5.68. The van der Waals surface area contributed by atoms with Gasteiger partial charge < -0.3 is 15.2 Å². The minimum Gasteiger partial charge on any atom is -0.350 e. The van der Waals surface area contributed by atoms with Crippen LogP contribution in [0.4, 0.5) is 14.7 Å². The molecule has 0 aromatic carbocycles. The second-order valence-electron chi connectivity index (χ2n) is 7.64. The summed E-state index contributed by atoms with van der Waals surface area (Å²) in [6.45, 7) is 1.28. The Morgan fingerprint density at radius 1 is 1.17 bits per heavy atom. The van der Waals surface area contributed by atoms with Crippen LogP contribution >= 0.6 is 0 Å². The van der Waals surface area contributed by atoms with Crippen molar-refractivity contribution >= 4 is 22.6 Å². The molecule has 0 bridgehead atoms. The van der Waals surface area contributed by atoms with Crippen molar-refractivity contribution in [1.29, 1.82) is 0 Å². The lowest BCUT2D eigenvalue weighted by Gasteiger charge is -2.35. The van der Waals surface area contributed by atoms with Gasteiger partial charge in [0.25, 0.3) is 6.43 Å². The fraction of sp³-hybridized carbons (Fsp3) is 0.400. The van der Waals surface area contributed by atoms with E-state index in [-0.39, 0.29) is 0 Å². The molecule has 4 aromatic heterocycles. The van der Waals surface area contributed by atoms with Crippen LogP contribution in [0, 0.1) is 6.92 Å². The first-order valence-electron chi connectivity index (χ1n) is 9.92. The van der Waals surface area contributed by atoms with Crippen molar-refractivity contribution < 1.29 is 8.78 Å². The summed E-state index contributed by atoms with van der Waals surface area (Å²) < 4.78 is 29.2. The van der Waals surface area contributed by atoms with Crippen molar-refractivity contribution in [2.75, 3.05) is 12.4 Å². The average molecular weight is 412 g/mol. The van der Waals surface area contributed by atoms with E-state index in [2.05, 4.69) is 30.7 Å². The van der Waals surface area contributed by atoms with Gasteiger partial charge in [0, 0.05) is 23.8 Å². The molecule has 0 unspecified atom stereocenters. The maximum absolute atomic E-state index is 13.0. The lowest BCUT2D eigenvalue weighted by Crippen LogP contribution is -2.46. The number of fused-ring (bicyclic) bond motifs is 2. The van der Waals surface area contributed by atoms with Crippen LogP contribution in [0.25, 0.3) is 27.9 Å². The summed E-state index contributed by atoms with van der Waals surface area (Å²) in [6, 6.07) is 6.48. The molecule has 0 amide bonds. The Bertz CT molecular complexity index is 1210. The fourth-order valence-electron chi connectivity index (χ4n) is 3.96. The molecule has 1 aliphatic rings. The summed E-state index contributed by atoms with van der Waals surface area (Å²) >= 11 is 0. The first-order valence-corrected chi connectivity index (χ1v) is 9.92. The topological polar surface area (TPSA) is 85.0 Å². The largest absolute Gasteiger partial charge is 0.350 e. The van der Waals surface area contributed by atoms with Crippen molar-refractivity contribution in [3.63, 3.8) is 0 Å². The number of alkyl halides is 2. The van der Waals surface area contributed by atoms with Gasteiger partial charge in [-0.15, -0.1) is 5.10 Å². The van der Waals surface area contributed by atoms with Crippen LogP contribution < -0.4 is 10.6 Å². The lowest BCUT2D eigenvalue weighted by molar-refractivity contribution is 0.127. The summed E-state index contributed by atoms with van der Waals surface area (Å²) in [4.78, 5) is 13.4. The number of halogens is 2. The zero-order chi connectivity index (χ0) is 20.8. The summed E-state index contributed by atoms with van der Waals surface area (Å²) in [7, 11) is 1.97. The molecule has 1 saturated carbocycles. The number of aryl methyl sites for hydroxylation is 1. The molecule has 10 heteroatoms. The highest BCUT2D eigenvalue weighted by Crippen LogP contribution is 2.27. The number of hydrogen-bond acceptors (Lipinski definition) is 6. The van der Waals surface area contributed by atoms with Crippen molar-refractivity contribution in [1.82, 2.24) is 34.4 Å². The molecular weight excluding hydrogens is 390 g/mol. The molecule has 0 radical (unpaired) electrons. The summed E-state index contributed by atoms with van der Waals surface area (Å²) in [5, 5.41) is 11.2. The zero-order valence-corrected chi connectivity index (χ0v) is 16.7. The van der Waals surface area contributed by atoms with Crippen molar-refractivity contribution in [3.05, 3.63) is 36.4 Å². The van der Waals surface area contributed by atoms with E-state index in [1.54, 1.807) is 17.6 Å². The van der Waals surface area contributed by atoms with Gasteiger partial charge in [-0.05, 0) is 45.0 Å². The van der Waals surface area contributed by atoms with Crippen molar-refractivity contribution in [3.8, 4) is 11.3 Å². The van der Waals surface area contributed by atoms with Crippen LogP contribution in [-0.4, -0.2) is 54.7 Å². The number of hydrogen-bond donors (Lipinski definition) is 2. The number of anilines is 1. The molecular formula is C20H22F2N8. The van der Waals surface area contributed by atoms with E-state index in [1.165, 1.54) is 4.57 Å². The Morgan fingerprint density at radius 2 is 2.00 bits per heavy atom. The monoisotopic (exact) mass is 412 g/mol. The van der Waals surface area contributed by atoms with E-state index in [0.717, 1.165) is 23.9 Å². The smallest absolute Gasteiger partial charge is 0.256 e. The maximum atomic E-state index is 13.0. The SMILES string of the molecule is CN[C@H]1C[C@@H](Nc2ncc3c(-c4ccc5nc(C)n(CC(F)F)c5n4)ccn3n2)C1. The second kappa shape index (κ2) is 7.28. The zero-order valence-electron chi connectivity index (χ0n) is 16.7. The van der Waals surface area contributed by atoms with Crippen molar-refractivity contribution in [2.45, 2.75) is 44.8 Å². The number of rotatable bonds is 6. The number of imidazole rings is 1. The molecule has 0 spiro atoms. The van der Waals surface area contributed by atoms with Crippen molar-refractivity contribution in [2.24, 2.45) is 0 Å². The highest BCUT2D eigenvalue weighted by molar-refractivity contribution is 5.82. The predicted molar refractivity (Wildman–Crippen MR) is 110 cm³/mol. The molecule has 156 valence electrons. The minimum atomic E-state index is -2.47. The van der Waals surface area contributed by atoms with Crippen LogP contribution in [0.5, 0.6) is 0 Å². The normalized spacial score (nSPS) is 19.0. The molecule has 0 saturated heterocycles. The molecule has 0 atom stereocenters. The number of pyridine rings is 1. The van der Waals surface area contributed by atoms with Gasteiger partial charge in [0.05, 0.1) is 24.0 Å². The van der Waals surface area contributed by atoms with Gasteiger partial charge in [-0.25, -0.2) is 28.2 Å². The maximum Gasteiger partial charge on any atom is 0.256 e. The van der Waals surface area contributed by atoms with E-state index in [9.17, 15) is 8.78 Å². The molecule has 0 aliphatic heterocycles. The number of nitrogens with zero attached hydrogens (tertiary/aromatic N) is 6. The average Bonchev–Trinajstić information content (AvgIpc) is 3.24. The lowest BCUT2D eigenvalue weighted by atomic mass is 9.87. The molecule has 4 heterocycles. The summed E-state index contributed by atoms with van der Waals surface area (Å²) in [5.74, 6) is 1.10. The van der Waals surface area contributed by atoms with Crippen LogP contribution in [0.3, 0.4) is 0 Å². The first-order chi connectivity index (χ1) is 14.5. The molecule has 2 N–H and O–H groups in total. The third kappa shape index (κ3) is 3.26. The van der Waals surface area contributed by atoms with Gasteiger partial charge in [0.15, 0.2) is 5.65 Å². The van der Waals surface area contributed by atoms with E-state index < -0.39 is 13.0 Å². The van der Waals surface area contributed by atoms with Gasteiger partial charge in [0.2, 0.25) is 5.95 Å². The molecule has 8 nitrogen and oxygen atoms in total. The Hall–Kier alpha value is -3.14. The Labute approximate surface area is 171 Å². The van der Waals surface area contributed by atoms with E-state index in [4.69, 9.17) is 0 Å². The molecule has 5 rings (SSSR count). The molecule has 4 aromatic rings. The Morgan fingerprint density at radius 3 is 2.77 bits per heavy atom. The van der Waals surface area contributed by atoms with Gasteiger partial charge in [0.1, 0.15) is 11.3 Å². The predicted octanol–water partition coefficient (Wildman–Crippen LogP) is 2.88. The second-order valence-corrected chi connectivity index (χ2v) is 7.64.